The number of halogens is 3. The summed E-state index contributed by atoms with van der Waals surface area (Å²) in [5, 5.41) is 12.5. The molecule has 0 atom stereocenters. The van der Waals surface area contributed by atoms with Crippen molar-refractivity contribution in [2.24, 2.45) is 0 Å². The fraction of sp³-hybridized carbons (Fsp3) is 0.0500. The molecule has 0 unspecified atom stereocenters. The van der Waals surface area contributed by atoms with Crippen molar-refractivity contribution in [2.75, 3.05) is 6.26 Å². The summed E-state index contributed by atoms with van der Waals surface area (Å²) in [5.41, 5.74) is 2.85. The smallest absolute Gasteiger partial charge is 0.187 e. The average molecular weight is 555 g/mol. The molecule has 9 heteroatoms. The fourth-order valence-electron chi connectivity index (χ4n) is 2.92. The molecule has 5 nitrogen and oxygen atoms in total. The van der Waals surface area contributed by atoms with Crippen molar-refractivity contribution >= 4 is 57.6 Å². The molecular weight excluding hydrogens is 542 g/mol. The molecule has 0 aliphatic heterocycles. The van der Waals surface area contributed by atoms with Crippen molar-refractivity contribution in [1.82, 2.24) is 19.7 Å². The van der Waals surface area contributed by atoms with Crippen LogP contribution >= 0.6 is 57.6 Å². The zero-order chi connectivity index (χ0) is 20.5. The van der Waals surface area contributed by atoms with E-state index in [1.165, 1.54) is 11.8 Å². The van der Waals surface area contributed by atoms with Crippen LogP contribution in [-0.2, 0) is 0 Å². The van der Waals surface area contributed by atoms with Gasteiger partial charge in [0.1, 0.15) is 11.4 Å². The Balaban J connectivity index is 2.04. The van der Waals surface area contributed by atoms with Gasteiger partial charge in [0.05, 0.1) is 21.3 Å². The maximum absolute atomic E-state index is 11.1. The molecule has 2 aromatic heterocycles. The minimum absolute atomic E-state index is 0.244. The van der Waals surface area contributed by atoms with Gasteiger partial charge in [0.2, 0.25) is 0 Å². The molecule has 0 amide bonds. The SMILES string of the molecule is CSc1nccc(-c2c(-c3cccc(I)c3)nc(-c3c(Cl)cccc3Cl)n2O)n1. The third-order valence-electron chi connectivity index (χ3n) is 4.20. The van der Waals surface area contributed by atoms with Gasteiger partial charge in [-0.1, -0.05) is 53.2 Å². The minimum Gasteiger partial charge on any atom is -0.426 e. The lowest BCUT2D eigenvalue weighted by Crippen LogP contribution is -2.00. The summed E-state index contributed by atoms with van der Waals surface area (Å²) in [6, 6.07) is 14.7. The van der Waals surface area contributed by atoms with Crippen molar-refractivity contribution in [3.05, 3.63) is 68.3 Å². The summed E-state index contributed by atoms with van der Waals surface area (Å²) in [7, 11) is 0. The Morgan fingerprint density at radius 3 is 2.45 bits per heavy atom. The highest BCUT2D eigenvalue weighted by atomic mass is 127. The van der Waals surface area contributed by atoms with Crippen LogP contribution in [0.4, 0.5) is 0 Å². The second-order valence-corrected chi connectivity index (χ2v) is 8.81. The molecule has 0 aliphatic rings. The van der Waals surface area contributed by atoms with E-state index in [4.69, 9.17) is 28.2 Å². The molecule has 2 aromatic carbocycles. The molecule has 146 valence electrons. The molecule has 1 N–H and O–H groups in total. The van der Waals surface area contributed by atoms with E-state index in [9.17, 15) is 5.21 Å². The predicted octanol–water partition coefficient (Wildman–Crippen LogP) is 6.54. The van der Waals surface area contributed by atoms with Gasteiger partial charge >= 0.3 is 0 Å². The topological polar surface area (TPSA) is 63.8 Å². The van der Waals surface area contributed by atoms with Gasteiger partial charge < -0.3 is 5.21 Å². The summed E-state index contributed by atoms with van der Waals surface area (Å²) in [4.78, 5) is 13.5. The molecule has 29 heavy (non-hydrogen) atoms. The van der Waals surface area contributed by atoms with Crippen LogP contribution in [0, 0.1) is 3.57 Å². The van der Waals surface area contributed by atoms with Gasteiger partial charge in [-0.25, -0.2) is 15.0 Å². The van der Waals surface area contributed by atoms with E-state index in [1.54, 1.807) is 30.5 Å². The summed E-state index contributed by atoms with van der Waals surface area (Å²) >= 11 is 16.4. The van der Waals surface area contributed by atoms with E-state index in [2.05, 4.69) is 32.6 Å². The predicted molar refractivity (Wildman–Crippen MR) is 126 cm³/mol. The molecule has 0 bridgehead atoms. The molecule has 4 rings (SSSR count). The van der Waals surface area contributed by atoms with Crippen LogP contribution in [0.25, 0.3) is 34.0 Å². The Labute approximate surface area is 195 Å². The second-order valence-electron chi connectivity index (χ2n) is 5.98. The van der Waals surface area contributed by atoms with Crippen LogP contribution in [0.2, 0.25) is 10.0 Å². The third kappa shape index (κ3) is 3.96. The van der Waals surface area contributed by atoms with Crippen molar-refractivity contribution in [2.45, 2.75) is 5.16 Å². The zero-order valence-electron chi connectivity index (χ0n) is 15.0. The lowest BCUT2D eigenvalue weighted by molar-refractivity contribution is 0.195. The van der Waals surface area contributed by atoms with E-state index in [1.807, 2.05) is 30.5 Å². The number of nitrogens with zero attached hydrogens (tertiary/aromatic N) is 4. The van der Waals surface area contributed by atoms with Crippen molar-refractivity contribution in [3.63, 3.8) is 0 Å². The molecule has 4 aromatic rings. The van der Waals surface area contributed by atoms with E-state index in [0.29, 0.717) is 37.8 Å². The summed E-state index contributed by atoms with van der Waals surface area (Å²) in [6.45, 7) is 0. The zero-order valence-corrected chi connectivity index (χ0v) is 19.5. The van der Waals surface area contributed by atoms with Gasteiger partial charge in [0.25, 0.3) is 0 Å². The molecular formula is C20H13Cl2IN4OS. The largest absolute Gasteiger partial charge is 0.426 e. The third-order valence-corrected chi connectivity index (χ3v) is 6.06. The monoisotopic (exact) mass is 554 g/mol. The Bertz CT molecular complexity index is 1190. The van der Waals surface area contributed by atoms with Crippen LogP contribution in [-0.4, -0.2) is 31.1 Å². The normalized spacial score (nSPS) is 11.0. The Morgan fingerprint density at radius 1 is 1.03 bits per heavy atom. The van der Waals surface area contributed by atoms with Crippen molar-refractivity contribution in [3.8, 4) is 34.0 Å². The first-order valence-corrected chi connectivity index (χ1v) is 11.4. The van der Waals surface area contributed by atoms with Gasteiger partial charge in [-0.2, -0.15) is 4.73 Å². The summed E-state index contributed by atoms with van der Waals surface area (Å²) in [5.74, 6) is 0.244. The number of rotatable bonds is 4. The van der Waals surface area contributed by atoms with Crippen molar-refractivity contribution in [1.29, 1.82) is 0 Å². The van der Waals surface area contributed by atoms with Crippen molar-refractivity contribution < 1.29 is 5.21 Å². The van der Waals surface area contributed by atoms with Gasteiger partial charge in [0.15, 0.2) is 11.0 Å². The van der Waals surface area contributed by atoms with Crippen LogP contribution < -0.4 is 0 Å². The first-order chi connectivity index (χ1) is 14.0. The first kappa shape index (κ1) is 20.5. The minimum atomic E-state index is 0.244. The van der Waals surface area contributed by atoms with Gasteiger partial charge in [-0.05, 0) is 59.2 Å². The molecule has 0 saturated carbocycles. The highest BCUT2D eigenvalue weighted by Crippen LogP contribution is 2.39. The molecule has 0 spiro atoms. The Hall–Kier alpha value is -1.81. The average Bonchev–Trinajstić information content (AvgIpc) is 3.05. The highest BCUT2D eigenvalue weighted by molar-refractivity contribution is 14.1. The number of benzene rings is 2. The van der Waals surface area contributed by atoms with Gasteiger partial charge in [-0.15, -0.1) is 0 Å². The van der Waals surface area contributed by atoms with Crippen LogP contribution in [0.3, 0.4) is 0 Å². The lowest BCUT2D eigenvalue weighted by atomic mass is 10.1. The maximum atomic E-state index is 11.1. The van der Waals surface area contributed by atoms with E-state index in [0.717, 1.165) is 13.9 Å². The first-order valence-electron chi connectivity index (χ1n) is 8.39. The van der Waals surface area contributed by atoms with E-state index >= 15 is 0 Å². The Kier molecular flexibility index (Phi) is 6.00. The van der Waals surface area contributed by atoms with Gasteiger partial charge in [0, 0.05) is 15.3 Å². The molecule has 2 heterocycles. The number of hydrogen-bond donors (Lipinski definition) is 1. The number of aromatic nitrogens is 4. The quantitative estimate of drug-likeness (QED) is 0.134. The molecule has 0 saturated heterocycles. The molecule has 0 fully saturated rings. The lowest BCUT2D eigenvalue weighted by Gasteiger charge is -2.08. The maximum Gasteiger partial charge on any atom is 0.187 e. The Morgan fingerprint density at radius 2 is 1.76 bits per heavy atom. The second kappa shape index (κ2) is 8.51. The van der Waals surface area contributed by atoms with E-state index < -0.39 is 0 Å². The van der Waals surface area contributed by atoms with Crippen LogP contribution in [0.15, 0.2) is 59.9 Å². The van der Waals surface area contributed by atoms with E-state index in [-0.39, 0.29) is 5.82 Å². The van der Waals surface area contributed by atoms with Gasteiger partial charge in [-0.3, -0.25) is 0 Å². The number of hydrogen-bond acceptors (Lipinski definition) is 5. The standard InChI is InChI=1S/C20H13Cl2IN4OS/c1-29-20-24-9-8-15(25-20)18-17(11-4-2-5-12(23)10-11)26-19(27(18)28)16-13(21)6-3-7-14(16)22/h2-10,28H,1H3. The summed E-state index contributed by atoms with van der Waals surface area (Å²) in [6.07, 6.45) is 3.55. The number of imidazole rings is 1. The highest BCUT2D eigenvalue weighted by Gasteiger charge is 2.25. The fourth-order valence-corrected chi connectivity index (χ4v) is 4.39. The summed E-state index contributed by atoms with van der Waals surface area (Å²) < 4.78 is 2.04. The van der Waals surface area contributed by atoms with Crippen LogP contribution in [0.5, 0.6) is 0 Å². The van der Waals surface area contributed by atoms with Crippen LogP contribution in [0.1, 0.15) is 0 Å². The number of thioether (sulfide) groups is 1. The molecule has 0 radical (unpaired) electrons. The molecule has 0 aliphatic carbocycles.